The van der Waals surface area contributed by atoms with Crippen molar-refractivity contribution < 1.29 is 14.3 Å². The Labute approximate surface area is 125 Å². The average molecular weight is 315 g/mol. The van der Waals surface area contributed by atoms with Gasteiger partial charge in [0.15, 0.2) is 0 Å². The van der Waals surface area contributed by atoms with Crippen LogP contribution in [0.2, 0.25) is 10.0 Å². The van der Waals surface area contributed by atoms with E-state index in [1.165, 1.54) is 0 Å². The lowest BCUT2D eigenvalue weighted by atomic mass is 10.2. The van der Waals surface area contributed by atoms with Gasteiger partial charge in [0.2, 0.25) is 11.8 Å². The van der Waals surface area contributed by atoms with E-state index in [2.05, 4.69) is 10.2 Å². The lowest BCUT2D eigenvalue weighted by molar-refractivity contribution is -0.137. The van der Waals surface area contributed by atoms with Gasteiger partial charge in [0.1, 0.15) is 0 Å². The molecule has 0 unspecified atom stereocenters. The van der Waals surface area contributed by atoms with Gasteiger partial charge in [0, 0.05) is 12.8 Å². The zero-order chi connectivity index (χ0) is 14.5. The number of aryl methyl sites for hydroxylation is 1. The topological polar surface area (TPSA) is 76.2 Å². The van der Waals surface area contributed by atoms with Crippen molar-refractivity contribution in [2.75, 3.05) is 0 Å². The first kappa shape index (κ1) is 14.8. The number of halogens is 2. The normalized spacial score (nSPS) is 10.7. The predicted molar refractivity (Wildman–Crippen MR) is 74.9 cm³/mol. The fourth-order valence-corrected chi connectivity index (χ4v) is 2.07. The summed E-state index contributed by atoms with van der Waals surface area (Å²) in [5.41, 5.74) is 0.587. The van der Waals surface area contributed by atoms with Gasteiger partial charge in [-0.3, -0.25) is 4.79 Å². The number of carboxylic acids is 1. The van der Waals surface area contributed by atoms with Crippen molar-refractivity contribution in [2.24, 2.45) is 0 Å². The number of hydrogen-bond donors (Lipinski definition) is 1. The maximum Gasteiger partial charge on any atom is 0.303 e. The molecule has 1 N–H and O–H groups in total. The van der Waals surface area contributed by atoms with Gasteiger partial charge in [0.25, 0.3) is 0 Å². The van der Waals surface area contributed by atoms with Crippen molar-refractivity contribution in [3.8, 4) is 11.5 Å². The number of nitrogens with zero attached hydrogens (tertiary/aromatic N) is 2. The van der Waals surface area contributed by atoms with E-state index in [-0.39, 0.29) is 6.42 Å². The maximum absolute atomic E-state index is 10.4. The lowest BCUT2D eigenvalue weighted by Crippen LogP contribution is -1.95. The van der Waals surface area contributed by atoms with Crippen molar-refractivity contribution in [2.45, 2.75) is 25.7 Å². The van der Waals surface area contributed by atoms with Gasteiger partial charge < -0.3 is 9.52 Å². The van der Waals surface area contributed by atoms with Crippen molar-refractivity contribution >= 4 is 29.2 Å². The predicted octanol–water partition coefficient (Wildman–Crippen LogP) is 3.84. The van der Waals surface area contributed by atoms with Crippen LogP contribution >= 0.6 is 23.2 Å². The molecule has 5 nitrogen and oxygen atoms in total. The second-order valence-corrected chi connectivity index (χ2v) is 4.99. The highest BCUT2D eigenvalue weighted by molar-refractivity contribution is 6.43. The zero-order valence-electron chi connectivity index (χ0n) is 10.5. The summed E-state index contributed by atoms with van der Waals surface area (Å²) < 4.78 is 5.50. The van der Waals surface area contributed by atoms with Crippen LogP contribution in [0.15, 0.2) is 22.6 Å². The number of hydrogen-bond acceptors (Lipinski definition) is 4. The molecule has 2 aromatic rings. The van der Waals surface area contributed by atoms with E-state index in [1.807, 2.05) is 0 Å². The van der Waals surface area contributed by atoms with Gasteiger partial charge in [-0.05, 0) is 25.0 Å². The SMILES string of the molecule is O=C(O)CCCCc1nnc(-c2cccc(Cl)c2Cl)o1. The molecule has 0 fully saturated rings. The number of aromatic nitrogens is 2. The largest absolute Gasteiger partial charge is 0.481 e. The number of carbonyl (C=O) groups is 1. The van der Waals surface area contributed by atoms with Gasteiger partial charge in [-0.15, -0.1) is 10.2 Å². The molecule has 20 heavy (non-hydrogen) atoms. The number of aliphatic carboxylic acids is 1. The minimum atomic E-state index is -0.804. The van der Waals surface area contributed by atoms with Crippen LogP contribution < -0.4 is 0 Å². The van der Waals surface area contributed by atoms with E-state index in [1.54, 1.807) is 18.2 Å². The minimum absolute atomic E-state index is 0.140. The minimum Gasteiger partial charge on any atom is -0.481 e. The van der Waals surface area contributed by atoms with Crippen LogP contribution in [0.3, 0.4) is 0 Å². The Morgan fingerprint density at radius 2 is 2.05 bits per heavy atom. The molecule has 7 heteroatoms. The van der Waals surface area contributed by atoms with Crippen LogP contribution in [0.25, 0.3) is 11.5 Å². The average Bonchev–Trinajstić information content (AvgIpc) is 2.86. The first-order chi connectivity index (χ1) is 9.58. The van der Waals surface area contributed by atoms with Gasteiger partial charge in [0.05, 0.1) is 15.6 Å². The molecular weight excluding hydrogens is 303 g/mol. The molecule has 0 saturated carbocycles. The van der Waals surface area contributed by atoms with Crippen LogP contribution in [-0.4, -0.2) is 21.3 Å². The fourth-order valence-electron chi connectivity index (χ4n) is 1.68. The first-order valence-electron chi connectivity index (χ1n) is 6.06. The van der Waals surface area contributed by atoms with E-state index in [9.17, 15) is 4.79 Å². The summed E-state index contributed by atoms with van der Waals surface area (Å²) in [6.45, 7) is 0. The Bertz CT molecular complexity index is 613. The molecule has 0 radical (unpaired) electrons. The summed E-state index contributed by atoms with van der Waals surface area (Å²) in [7, 11) is 0. The second-order valence-electron chi connectivity index (χ2n) is 4.20. The van der Waals surface area contributed by atoms with Crippen LogP contribution in [0.1, 0.15) is 25.2 Å². The lowest BCUT2D eigenvalue weighted by Gasteiger charge is -2.00. The molecule has 0 amide bonds. The van der Waals surface area contributed by atoms with Crippen molar-refractivity contribution in [3.63, 3.8) is 0 Å². The van der Waals surface area contributed by atoms with E-state index in [0.29, 0.717) is 46.7 Å². The monoisotopic (exact) mass is 314 g/mol. The van der Waals surface area contributed by atoms with Gasteiger partial charge in [-0.25, -0.2) is 0 Å². The van der Waals surface area contributed by atoms with Crippen molar-refractivity contribution in [3.05, 3.63) is 34.1 Å². The summed E-state index contributed by atoms with van der Waals surface area (Å²) in [4.78, 5) is 10.4. The summed E-state index contributed by atoms with van der Waals surface area (Å²) >= 11 is 12.0. The molecule has 0 atom stereocenters. The maximum atomic E-state index is 10.4. The molecule has 1 aromatic carbocycles. The van der Waals surface area contributed by atoms with Gasteiger partial charge in [-0.1, -0.05) is 29.3 Å². The standard InChI is InChI=1S/C13H12Cl2N2O3/c14-9-5-3-4-8(12(9)15)13-17-16-10(20-13)6-1-2-7-11(18)19/h3-5H,1-2,6-7H2,(H,18,19). The molecule has 1 heterocycles. The summed E-state index contributed by atoms with van der Waals surface area (Å²) in [6.07, 6.45) is 1.93. The Morgan fingerprint density at radius 1 is 1.25 bits per heavy atom. The smallest absolute Gasteiger partial charge is 0.303 e. The number of unbranched alkanes of at least 4 members (excludes halogenated alkanes) is 1. The summed E-state index contributed by atoms with van der Waals surface area (Å²) in [6, 6.07) is 5.17. The molecule has 0 spiro atoms. The Kier molecular flexibility index (Phi) is 4.98. The third kappa shape index (κ3) is 3.71. The van der Waals surface area contributed by atoms with Crippen LogP contribution in [0.5, 0.6) is 0 Å². The molecule has 106 valence electrons. The highest BCUT2D eigenvalue weighted by Gasteiger charge is 2.13. The Balaban J connectivity index is 2.02. The van der Waals surface area contributed by atoms with E-state index < -0.39 is 5.97 Å². The molecule has 2 rings (SSSR count). The Hall–Kier alpha value is -1.59. The van der Waals surface area contributed by atoms with Gasteiger partial charge in [-0.2, -0.15) is 0 Å². The van der Waals surface area contributed by atoms with Crippen LogP contribution in [0, 0.1) is 0 Å². The van der Waals surface area contributed by atoms with E-state index in [4.69, 9.17) is 32.7 Å². The number of carboxylic acid groups (broad SMARTS) is 1. The molecular formula is C13H12Cl2N2O3. The summed E-state index contributed by atoms with van der Waals surface area (Å²) in [5.74, 6) is -0.0332. The molecule has 0 bridgehead atoms. The van der Waals surface area contributed by atoms with Crippen molar-refractivity contribution in [1.82, 2.24) is 10.2 Å². The third-order valence-corrected chi connectivity index (χ3v) is 3.50. The van der Waals surface area contributed by atoms with Gasteiger partial charge >= 0.3 is 5.97 Å². The summed E-state index contributed by atoms with van der Waals surface area (Å²) in [5, 5.41) is 17.2. The highest BCUT2D eigenvalue weighted by Crippen LogP contribution is 2.32. The quantitative estimate of drug-likeness (QED) is 0.820. The van der Waals surface area contributed by atoms with Crippen LogP contribution in [-0.2, 0) is 11.2 Å². The van der Waals surface area contributed by atoms with E-state index in [0.717, 1.165) is 0 Å². The van der Waals surface area contributed by atoms with E-state index >= 15 is 0 Å². The van der Waals surface area contributed by atoms with Crippen LogP contribution in [0.4, 0.5) is 0 Å². The fraction of sp³-hybridized carbons (Fsp3) is 0.308. The highest BCUT2D eigenvalue weighted by atomic mass is 35.5. The Morgan fingerprint density at radius 3 is 2.80 bits per heavy atom. The second kappa shape index (κ2) is 6.72. The zero-order valence-corrected chi connectivity index (χ0v) is 12.0. The molecule has 0 aliphatic carbocycles. The number of benzene rings is 1. The molecule has 0 saturated heterocycles. The first-order valence-corrected chi connectivity index (χ1v) is 6.82. The van der Waals surface area contributed by atoms with Crippen molar-refractivity contribution in [1.29, 1.82) is 0 Å². The number of rotatable bonds is 6. The third-order valence-electron chi connectivity index (χ3n) is 2.68. The molecule has 0 aliphatic rings. The molecule has 1 aromatic heterocycles. The molecule has 0 aliphatic heterocycles.